The molecule has 0 unspecified atom stereocenters. The highest BCUT2D eigenvalue weighted by atomic mass is 32.2. The molecule has 0 aromatic heterocycles. The summed E-state index contributed by atoms with van der Waals surface area (Å²) in [6.07, 6.45) is 3.06. The Bertz CT molecular complexity index is 499. The van der Waals surface area contributed by atoms with Crippen molar-refractivity contribution in [2.75, 3.05) is 18.8 Å². The van der Waals surface area contributed by atoms with E-state index in [4.69, 9.17) is 5.73 Å². The molecule has 17 heavy (non-hydrogen) atoms. The Morgan fingerprint density at radius 2 is 1.71 bits per heavy atom. The number of para-hydroxylation sites is 1. The van der Waals surface area contributed by atoms with Crippen LogP contribution < -0.4 is 5.73 Å². The molecule has 0 aliphatic rings. The average Bonchev–Trinajstić information content (AvgIpc) is 2.29. The van der Waals surface area contributed by atoms with Crippen LogP contribution in [0.1, 0.15) is 0 Å². The molecule has 0 radical (unpaired) electrons. The number of anilines is 1. The van der Waals surface area contributed by atoms with Gasteiger partial charge < -0.3 is 5.73 Å². The Labute approximate surface area is 102 Å². The lowest BCUT2D eigenvalue weighted by molar-refractivity contribution is 0.474. The van der Waals surface area contributed by atoms with Crippen LogP contribution in [0.5, 0.6) is 0 Å². The van der Waals surface area contributed by atoms with Crippen molar-refractivity contribution in [1.82, 2.24) is 4.31 Å². The summed E-state index contributed by atoms with van der Waals surface area (Å²) in [5, 5.41) is 0. The highest BCUT2D eigenvalue weighted by Crippen LogP contribution is 2.21. The van der Waals surface area contributed by atoms with E-state index in [2.05, 4.69) is 13.2 Å². The van der Waals surface area contributed by atoms with Crippen molar-refractivity contribution >= 4 is 15.7 Å². The van der Waals surface area contributed by atoms with Crippen LogP contribution in [-0.2, 0) is 10.0 Å². The van der Waals surface area contributed by atoms with Gasteiger partial charge in [0, 0.05) is 13.1 Å². The Kier molecular flexibility index (Phi) is 4.48. The van der Waals surface area contributed by atoms with Crippen LogP contribution in [0.2, 0.25) is 0 Å². The maximum absolute atomic E-state index is 12.3. The second kappa shape index (κ2) is 5.65. The Balaban J connectivity index is 3.20. The lowest BCUT2D eigenvalue weighted by Crippen LogP contribution is -2.31. The van der Waals surface area contributed by atoms with E-state index in [9.17, 15) is 8.42 Å². The number of rotatable bonds is 6. The van der Waals surface area contributed by atoms with Crippen LogP contribution in [0.25, 0.3) is 0 Å². The summed E-state index contributed by atoms with van der Waals surface area (Å²) in [5.74, 6) is 0. The first-order valence-electron chi connectivity index (χ1n) is 5.10. The van der Waals surface area contributed by atoms with Gasteiger partial charge >= 0.3 is 0 Å². The molecule has 4 nitrogen and oxygen atoms in total. The van der Waals surface area contributed by atoms with Gasteiger partial charge in [-0.05, 0) is 12.1 Å². The Morgan fingerprint density at radius 3 is 2.18 bits per heavy atom. The molecule has 2 N–H and O–H groups in total. The normalized spacial score (nSPS) is 11.4. The fourth-order valence-electron chi connectivity index (χ4n) is 1.41. The van der Waals surface area contributed by atoms with Gasteiger partial charge in [-0.1, -0.05) is 24.3 Å². The molecule has 0 bridgehead atoms. The number of nitrogen functional groups attached to an aromatic ring is 1. The molecule has 1 aromatic carbocycles. The third-order valence-electron chi connectivity index (χ3n) is 2.20. The fraction of sp³-hybridized carbons (Fsp3) is 0.167. The molecular formula is C12H16N2O2S. The van der Waals surface area contributed by atoms with Crippen molar-refractivity contribution in [1.29, 1.82) is 0 Å². The summed E-state index contributed by atoms with van der Waals surface area (Å²) in [5.41, 5.74) is 5.92. The minimum atomic E-state index is -3.59. The molecule has 0 aliphatic carbocycles. The fourth-order valence-corrected chi connectivity index (χ4v) is 2.91. The first-order chi connectivity index (χ1) is 8.04. The highest BCUT2D eigenvalue weighted by Gasteiger charge is 2.24. The van der Waals surface area contributed by atoms with Crippen molar-refractivity contribution in [3.8, 4) is 0 Å². The average molecular weight is 252 g/mol. The van der Waals surface area contributed by atoms with Crippen LogP contribution in [0, 0.1) is 0 Å². The topological polar surface area (TPSA) is 63.4 Å². The quantitative estimate of drug-likeness (QED) is 0.618. The largest absolute Gasteiger partial charge is 0.398 e. The highest BCUT2D eigenvalue weighted by molar-refractivity contribution is 7.89. The number of nitrogens with zero attached hydrogens (tertiary/aromatic N) is 1. The summed E-state index contributed by atoms with van der Waals surface area (Å²) < 4.78 is 25.8. The molecule has 0 saturated carbocycles. The summed E-state index contributed by atoms with van der Waals surface area (Å²) in [6, 6.07) is 6.39. The number of hydrogen-bond donors (Lipinski definition) is 1. The van der Waals surface area contributed by atoms with Crippen LogP contribution in [0.3, 0.4) is 0 Å². The predicted octanol–water partition coefficient (Wildman–Crippen LogP) is 1.63. The van der Waals surface area contributed by atoms with Gasteiger partial charge in [-0.3, -0.25) is 0 Å². The van der Waals surface area contributed by atoms with E-state index in [-0.39, 0.29) is 23.7 Å². The van der Waals surface area contributed by atoms with E-state index in [0.717, 1.165) is 0 Å². The van der Waals surface area contributed by atoms with Crippen LogP contribution in [0.15, 0.2) is 54.5 Å². The molecule has 0 atom stereocenters. The summed E-state index contributed by atoms with van der Waals surface area (Å²) in [6.45, 7) is 7.53. The van der Waals surface area contributed by atoms with E-state index in [1.54, 1.807) is 18.2 Å². The molecule has 0 fully saturated rings. The maximum Gasteiger partial charge on any atom is 0.245 e. The molecule has 1 rings (SSSR count). The van der Waals surface area contributed by atoms with E-state index in [0.29, 0.717) is 0 Å². The number of sulfonamides is 1. The Morgan fingerprint density at radius 1 is 1.18 bits per heavy atom. The standard InChI is InChI=1S/C12H16N2O2S/c1-3-9-14(10-4-2)17(15,16)12-8-6-5-7-11(12)13/h3-8H,1-2,9-10,13H2. The number of nitrogens with two attached hydrogens (primary N) is 1. The van der Waals surface area contributed by atoms with Crippen molar-refractivity contribution in [3.05, 3.63) is 49.6 Å². The van der Waals surface area contributed by atoms with Crippen molar-refractivity contribution in [2.24, 2.45) is 0 Å². The van der Waals surface area contributed by atoms with E-state index in [1.165, 1.54) is 22.5 Å². The third-order valence-corrected chi connectivity index (χ3v) is 4.11. The first kappa shape index (κ1) is 13.5. The van der Waals surface area contributed by atoms with Crippen LogP contribution in [-0.4, -0.2) is 25.8 Å². The molecular weight excluding hydrogens is 236 g/mol. The Hall–Kier alpha value is -1.59. The molecule has 0 saturated heterocycles. The predicted molar refractivity (Wildman–Crippen MR) is 70.0 cm³/mol. The van der Waals surface area contributed by atoms with Crippen molar-refractivity contribution in [2.45, 2.75) is 4.90 Å². The monoisotopic (exact) mass is 252 g/mol. The third kappa shape index (κ3) is 2.95. The molecule has 5 heteroatoms. The maximum atomic E-state index is 12.3. The van der Waals surface area contributed by atoms with Gasteiger partial charge in [0.2, 0.25) is 10.0 Å². The van der Waals surface area contributed by atoms with Gasteiger partial charge in [0.1, 0.15) is 4.90 Å². The second-order valence-corrected chi connectivity index (χ2v) is 5.34. The van der Waals surface area contributed by atoms with E-state index >= 15 is 0 Å². The van der Waals surface area contributed by atoms with Crippen molar-refractivity contribution < 1.29 is 8.42 Å². The summed E-state index contributed by atoms with van der Waals surface area (Å²) >= 11 is 0. The molecule has 0 heterocycles. The molecule has 92 valence electrons. The van der Waals surface area contributed by atoms with Gasteiger partial charge in [-0.25, -0.2) is 8.42 Å². The van der Waals surface area contributed by atoms with E-state index < -0.39 is 10.0 Å². The zero-order chi connectivity index (χ0) is 12.9. The lowest BCUT2D eigenvalue weighted by Gasteiger charge is -2.19. The molecule has 1 aromatic rings. The minimum Gasteiger partial charge on any atom is -0.398 e. The van der Waals surface area contributed by atoms with Crippen LogP contribution >= 0.6 is 0 Å². The number of benzene rings is 1. The first-order valence-corrected chi connectivity index (χ1v) is 6.54. The lowest BCUT2D eigenvalue weighted by atomic mass is 10.3. The molecule has 0 amide bonds. The number of hydrogen-bond acceptors (Lipinski definition) is 3. The van der Waals surface area contributed by atoms with Crippen LogP contribution in [0.4, 0.5) is 5.69 Å². The van der Waals surface area contributed by atoms with Crippen molar-refractivity contribution in [3.63, 3.8) is 0 Å². The minimum absolute atomic E-state index is 0.115. The van der Waals surface area contributed by atoms with Gasteiger partial charge in [-0.2, -0.15) is 4.31 Å². The molecule has 0 spiro atoms. The van der Waals surface area contributed by atoms with Gasteiger partial charge in [0.15, 0.2) is 0 Å². The summed E-state index contributed by atoms with van der Waals surface area (Å²) in [7, 11) is -3.59. The SMILES string of the molecule is C=CCN(CC=C)S(=O)(=O)c1ccccc1N. The smallest absolute Gasteiger partial charge is 0.245 e. The van der Waals surface area contributed by atoms with Gasteiger partial charge in [-0.15, -0.1) is 13.2 Å². The molecule has 0 aliphatic heterocycles. The zero-order valence-corrected chi connectivity index (χ0v) is 10.4. The van der Waals surface area contributed by atoms with E-state index in [1.807, 2.05) is 0 Å². The zero-order valence-electron chi connectivity index (χ0n) is 9.54. The van der Waals surface area contributed by atoms with Gasteiger partial charge in [0.05, 0.1) is 5.69 Å². The summed E-state index contributed by atoms with van der Waals surface area (Å²) in [4.78, 5) is 0.115. The van der Waals surface area contributed by atoms with Gasteiger partial charge in [0.25, 0.3) is 0 Å². The second-order valence-electron chi connectivity index (χ2n) is 3.44.